The zero-order chi connectivity index (χ0) is 21.7. The molecule has 9 heteroatoms. The highest BCUT2D eigenvalue weighted by molar-refractivity contribution is 7.99. The summed E-state index contributed by atoms with van der Waals surface area (Å²) in [6, 6.07) is 0. The molecule has 0 N–H and O–H groups in total. The van der Waals surface area contributed by atoms with Crippen molar-refractivity contribution < 1.29 is 28.6 Å². The van der Waals surface area contributed by atoms with Gasteiger partial charge >= 0.3 is 17.9 Å². The molecular weight excluding hydrogens is 420 g/mol. The van der Waals surface area contributed by atoms with Crippen LogP contribution in [0, 0.1) is 5.41 Å². The van der Waals surface area contributed by atoms with Crippen LogP contribution in [0.1, 0.15) is 53.4 Å². The molecule has 0 radical (unpaired) electrons. The van der Waals surface area contributed by atoms with Gasteiger partial charge in [0.25, 0.3) is 0 Å². The minimum absolute atomic E-state index is 0.00208. The summed E-state index contributed by atoms with van der Waals surface area (Å²) in [5, 5.41) is -0.0962. The second kappa shape index (κ2) is 14.4. The van der Waals surface area contributed by atoms with Crippen LogP contribution in [-0.4, -0.2) is 59.7 Å². The van der Waals surface area contributed by atoms with E-state index in [1.807, 2.05) is 20.1 Å². The Bertz CT molecular complexity index is 470. The van der Waals surface area contributed by atoms with Gasteiger partial charge in [0.05, 0.1) is 24.7 Å². The third-order valence-electron chi connectivity index (χ3n) is 4.15. The summed E-state index contributed by atoms with van der Waals surface area (Å²) >= 11 is 9.95. The van der Waals surface area contributed by atoms with Crippen molar-refractivity contribution in [2.24, 2.45) is 5.41 Å². The minimum Gasteiger partial charge on any atom is -0.465 e. The fourth-order valence-electron chi connectivity index (χ4n) is 2.11. The van der Waals surface area contributed by atoms with Gasteiger partial charge in [-0.25, -0.2) is 0 Å². The van der Waals surface area contributed by atoms with Gasteiger partial charge in [0.1, 0.15) is 19.8 Å². The third-order valence-corrected chi connectivity index (χ3v) is 5.49. The molecule has 3 atom stereocenters. The van der Waals surface area contributed by atoms with E-state index in [9.17, 15) is 14.4 Å². The van der Waals surface area contributed by atoms with Crippen LogP contribution in [-0.2, 0) is 28.6 Å². The molecule has 28 heavy (non-hydrogen) atoms. The van der Waals surface area contributed by atoms with Crippen molar-refractivity contribution in [3.63, 3.8) is 0 Å². The molecule has 0 aromatic heterocycles. The maximum Gasteiger partial charge on any atom is 0.306 e. The summed E-state index contributed by atoms with van der Waals surface area (Å²) in [7, 11) is 0. The number of thiol groups is 2. The quantitative estimate of drug-likeness (QED) is 0.236. The molecular formula is C19H34O6S3. The van der Waals surface area contributed by atoms with Gasteiger partial charge in [0.15, 0.2) is 0 Å². The monoisotopic (exact) mass is 454 g/mol. The zero-order valence-corrected chi connectivity index (χ0v) is 20.0. The Labute approximate surface area is 184 Å². The molecule has 0 amide bonds. The van der Waals surface area contributed by atoms with E-state index in [1.54, 1.807) is 25.6 Å². The van der Waals surface area contributed by atoms with Crippen LogP contribution in [0.4, 0.5) is 0 Å². The van der Waals surface area contributed by atoms with Gasteiger partial charge in [-0.05, 0) is 12.7 Å². The first kappa shape index (κ1) is 27.5. The molecule has 0 aliphatic heterocycles. The Morgan fingerprint density at radius 2 is 1.18 bits per heavy atom. The molecule has 164 valence electrons. The maximum atomic E-state index is 12.1. The highest BCUT2D eigenvalue weighted by Crippen LogP contribution is 2.26. The molecule has 0 aliphatic carbocycles. The average molecular weight is 455 g/mol. The van der Waals surface area contributed by atoms with Crippen LogP contribution < -0.4 is 0 Å². The van der Waals surface area contributed by atoms with Crippen molar-refractivity contribution in [2.45, 2.75) is 69.1 Å². The smallest absolute Gasteiger partial charge is 0.306 e. The van der Waals surface area contributed by atoms with Gasteiger partial charge in [-0.3, -0.25) is 14.4 Å². The lowest BCUT2D eigenvalue weighted by molar-refractivity contribution is -0.162. The second-order valence-corrected chi connectivity index (χ2v) is 10.2. The van der Waals surface area contributed by atoms with Crippen molar-refractivity contribution in [3.8, 4) is 0 Å². The van der Waals surface area contributed by atoms with Gasteiger partial charge in [-0.15, -0.1) is 0 Å². The fourth-order valence-corrected chi connectivity index (χ4v) is 2.71. The predicted octanol–water partition coefficient (Wildman–Crippen LogP) is 3.57. The summed E-state index contributed by atoms with van der Waals surface area (Å²) in [6.45, 7) is 7.42. The van der Waals surface area contributed by atoms with Crippen molar-refractivity contribution in [1.82, 2.24) is 0 Å². The fraction of sp³-hybridized carbons (Fsp3) is 0.842. The lowest BCUT2D eigenvalue weighted by atomic mass is 9.88. The molecule has 0 bridgehead atoms. The van der Waals surface area contributed by atoms with Crippen molar-refractivity contribution in [3.05, 3.63) is 0 Å². The van der Waals surface area contributed by atoms with Gasteiger partial charge in [-0.2, -0.15) is 37.0 Å². The van der Waals surface area contributed by atoms with E-state index in [4.69, 9.17) is 14.2 Å². The number of carbonyl (C=O) groups excluding carboxylic acids is 3. The normalized spacial score (nSPS) is 16.4. The lowest BCUT2D eigenvalue weighted by Crippen LogP contribution is -2.39. The Kier molecular flexibility index (Phi) is 14.2. The largest absolute Gasteiger partial charge is 0.465 e. The molecule has 0 heterocycles. The summed E-state index contributed by atoms with van der Waals surface area (Å²) < 4.78 is 16.2. The number of rotatable bonds is 14. The molecule has 0 saturated carbocycles. The second-order valence-electron chi connectivity index (χ2n) is 7.19. The van der Waals surface area contributed by atoms with Crippen LogP contribution in [0.3, 0.4) is 0 Å². The summed E-state index contributed by atoms with van der Waals surface area (Å²) in [4.78, 5) is 35.9. The topological polar surface area (TPSA) is 78.9 Å². The average Bonchev–Trinajstić information content (AvgIpc) is 2.60. The van der Waals surface area contributed by atoms with Crippen molar-refractivity contribution >= 4 is 54.9 Å². The Balaban J connectivity index is 5.00. The van der Waals surface area contributed by atoms with Crippen LogP contribution in [0.25, 0.3) is 0 Å². The molecule has 0 fully saturated rings. The number of carbonyl (C=O) groups is 3. The van der Waals surface area contributed by atoms with Crippen molar-refractivity contribution in [2.75, 3.05) is 26.1 Å². The first-order valence-corrected chi connectivity index (χ1v) is 11.7. The number of thioether (sulfide) groups is 1. The number of hydrogen-bond donors (Lipinski definition) is 2. The number of esters is 3. The summed E-state index contributed by atoms with van der Waals surface area (Å²) in [5.74, 6) is -1.11. The lowest BCUT2D eigenvalue weighted by Gasteiger charge is -2.31. The van der Waals surface area contributed by atoms with Crippen LogP contribution >= 0.6 is 37.0 Å². The van der Waals surface area contributed by atoms with E-state index >= 15 is 0 Å². The molecule has 0 saturated heterocycles. The zero-order valence-electron chi connectivity index (χ0n) is 17.4. The molecule has 0 spiro atoms. The van der Waals surface area contributed by atoms with Gasteiger partial charge in [0.2, 0.25) is 0 Å². The third kappa shape index (κ3) is 12.8. The first-order valence-electron chi connectivity index (χ1n) is 9.39. The molecule has 3 unspecified atom stereocenters. The van der Waals surface area contributed by atoms with E-state index in [1.165, 1.54) is 0 Å². The van der Waals surface area contributed by atoms with Gasteiger partial charge < -0.3 is 14.2 Å². The van der Waals surface area contributed by atoms with Crippen LogP contribution in [0.2, 0.25) is 0 Å². The van der Waals surface area contributed by atoms with E-state index in [2.05, 4.69) is 25.3 Å². The molecule has 6 nitrogen and oxygen atoms in total. The van der Waals surface area contributed by atoms with Gasteiger partial charge in [0, 0.05) is 15.7 Å². The molecule has 0 aromatic carbocycles. The first-order chi connectivity index (χ1) is 13.0. The van der Waals surface area contributed by atoms with Crippen molar-refractivity contribution in [1.29, 1.82) is 0 Å². The SMILES string of the molecule is CCC(COC(=O)CC(C)S)(COC(=O)CC(C)S)COC(=O)CC(C)SC. The van der Waals surface area contributed by atoms with E-state index in [-0.39, 0.29) is 60.8 Å². The van der Waals surface area contributed by atoms with Crippen LogP contribution in [0.5, 0.6) is 0 Å². The molecule has 0 aromatic rings. The Morgan fingerprint density at radius 1 is 0.821 bits per heavy atom. The van der Waals surface area contributed by atoms with E-state index in [0.29, 0.717) is 6.42 Å². The van der Waals surface area contributed by atoms with E-state index < -0.39 is 17.4 Å². The maximum absolute atomic E-state index is 12.1. The highest BCUT2D eigenvalue weighted by atomic mass is 32.2. The molecule has 0 aliphatic rings. The Morgan fingerprint density at radius 3 is 1.46 bits per heavy atom. The summed E-state index contributed by atoms with van der Waals surface area (Å²) in [6.07, 6.45) is 3.06. The number of hydrogen-bond acceptors (Lipinski definition) is 9. The van der Waals surface area contributed by atoms with E-state index in [0.717, 1.165) is 0 Å². The number of ether oxygens (including phenoxy) is 3. The molecule has 0 rings (SSSR count). The van der Waals surface area contributed by atoms with Gasteiger partial charge in [-0.1, -0.05) is 27.7 Å². The van der Waals surface area contributed by atoms with Crippen LogP contribution in [0.15, 0.2) is 0 Å². The predicted molar refractivity (Wildman–Crippen MR) is 119 cm³/mol. The Hall–Kier alpha value is -0.540. The summed E-state index contributed by atoms with van der Waals surface area (Å²) in [5.41, 5.74) is -0.788. The standard InChI is InChI=1S/C19H34O6S3/c1-6-19(10-23-16(20)7-13(2)26,11-24-17(21)8-14(3)27)12-25-18(22)9-15(4)28-5/h13-15,26-27H,6-12H2,1-5H3. The highest BCUT2D eigenvalue weighted by Gasteiger charge is 2.34. The minimum atomic E-state index is -0.788.